The van der Waals surface area contributed by atoms with Crippen molar-refractivity contribution >= 4 is 33.3 Å². The highest BCUT2D eigenvalue weighted by Gasteiger charge is 2.26. The third-order valence-electron chi connectivity index (χ3n) is 4.50. The Balaban J connectivity index is 1.70. The van der Waals surface area contributed by atoms with Gasteiger partial charge in [0.1, 0.15) is 11.5 Å². The first-order valence-corrected chi connectivity index (χ1v) is 10.4. The summed E-state index contributed by atoms with van der Waals surface area (Å²) >= 11 is 0. The lowest BCUT2D eigenvalue weighted by Crippen LogP contribution is -2.18. The average Bonchev–Trinajstić information content (AvgIpc) is 3.03. The maximum Gasteiger partial charge on any atom is 0.256 e. The molecule has 0 aliphatic carbocycles. The first-order valence-electron chi connectivity index (χ1n) is 8.90. The van der Waals surface area contributed by atoms with Gasteiger partial charge in [-0.15, -0.1) is 0 Å². The van der Waals surface area contributed by atoms with Crippen molar-refractivity contribution < 1.29 is 17.9 Å². The van der Waals surface area contributed by atoms with Crippen molar-refractivity contribution in [3.8, 4) is 11.5 Å². The molecule has 0 atom stereocenters. The fourth-order valence-electron chi connectivity index (χ4n) is 3.05. The average molecular weight is 406 g/mol. The van der Waals surface area contributed by atoms with Crippen LogP contribution >= 0.6 is 0 Å². The number of benzene rings is 3. The number of carbonyl (C=O) groups is 1. The number of hydrogen-bond acceptors (Lipinski definition) is 4. The second-order valence-corrected chi connectivity index (χ2v) is 8.30. The van der Waals surface area contributed by atoms with Crippen LogP contribution in [0.15, 0.2) is 77.7 Å². The standard InChI is InChI=1S/C22H18N2O4S/c1-23-29(26,27)18-10-11-21-19(14-18)20(22(25)24-21)13-15-6-5-9-17(12-15)28-16-7-3-2-4-8-16/h2-14,23H,1H3,(H,24,25). The Labute approximate surface area is 168 Å². The van der Waals surface area contributed by atoms with E-state index in [1.807, 2.05) is 54.6 Å². The second kappa shape index (κ2) is 7.54. The minimum Gasteiger partial charge on any atom is -0.457 e. The highest BCUT2D eigenvalue weighted by atomic mass is 32.2. The van der Waals surface area contributed by atoms with Gasteiger partial charge in [0, 0.05) is 16.8 Å². The minimum absolute atomic E-state index is 0.0994. The van der Waals surface area contributed by atoms with Crippen molar-refractivity contribution in [3.63, 3.8) is 0 Å². The van der Waals surface area contributed by atoms with E-state index >= 15 is 0 Å². The van der Waals surface area contributed by atoms with Crippen LogP contribution < -0.4 is 14.8 Å². The van der Waals surface area contributed by atoms with Crippen LogP contribution in [0.1, 0.15) is 11.1 Å². The summed E-state index contributed by atoms with van der Waals surface area (Å²) in [7, 11) is -2.26. The number of fused-ring (bicyclic) bond motifs is 1. The van der Waals surface area contributed by atoms with Gasteiger partial charge < -0.3 is 10.1 Å². The van der Waals surface area contributed by atoms with E-state index in [2.05, 4.69) is 10.0 Å². The van der Waals surface area contributed by atoms with E-state index in [4.69, 9.17) is 4.74 Å². The van der Waals surface area contributed by atoms with E-state index in [1.54, 1.807) is 12.1 Å². The molecular formula is C22H18N2O4S. The van der Waals surface area contributed by atoms with E-state index in [1.165, 1.54) is 19.2 Å². The van der Waals surface area contributed by atoms with E-state index in [0.717, 1.165) is 5.56 Å². The highest BCUT2D eigenvalue weighted by Crippen LogP contribution is 2.35. The Bertz CT molecular complexity index is 1220. The van der Waals surface area contributed by atoms with E-state index in [-0.39, 0.29) is 10.8 Å². The summed E-state index contributed by atoms with van der Waals surface area (Å²) in [6, 6.07) is 21.3. The van der Waals surface area contributed by atoms with Crippen LogP contribution in [0.25, 0.3) is 11.6 Å². The zero-order chi connectivity index (χ0) is 20.4. The van der Waals surface area contributed by atoms with Crippen molar-refractivity contribution in [2.24, 2.45) is 0 Å². The molecule has 0 saturated carbocycles. The van der Waals surface area contributed by atoms with Crippen LogP contribution in [0.2, 0.25) is 0 Å². The number of nitrogens with one attached hydrogen (secondary N) is 2. The Hall–Kier alpha value is -3.42. The molecule has 1 amide bonds. The summed E-state index contributed by atoms with van der Waals surface area (Å²) < 4.78 is 32.4. The maximum atomic E-state index is 12.5. The summed E-state index contributed by atoms with van der Waals surface area (Å²) in [6.45, 7) is 0. The SMILES string of the molecule is CNS(=O)(=O)c1ccc2c(c1)C(=Cc1cccc(Oc3ccccc3)c1)C(=O)N2. The molecule has 6 nitrogen and oxygen atoms in total. The predicted molar refractivity (Wildman–Crippen MR) is 112 cm³/mol. The summed E-state index contributed by atoms with van der Waals surface area (Å²) in [5.74, 6) is 1.06. The Morgan fingerprint density at radius 2 is 1.69 bits per heavy atom. The number of sulfonamides is 1. The monoisotopic (exact) mass is 406 g/mol. The van der Waals surface area contributed by atoms with Crippen molar-refractivity contribution in [1.29, 1.82) is 0 Å². The molecule has 0 aromatic heterocycles. The molecule has 0 radical (unpaired) electrons. The normalized spacial score (nSPS) is 14.5. The molecule has 0 spiro atoms. The minimum atomic E-state index is -3.61. The van der Waals surface area contributed by atoms with Gasteiger partial charge in [-0.2, -0.15) is 0 Å². The molecule has 1 aliphatic rings. The molecule has 3 aromatic carbocycles. The molecule has 7 heteroatoms. The van der Waals surface area contributed by atoms with Gasteiger partial charge in [-0.1, -0.05) is 30.3 Å². The van der Waals surface area contributed by atoms with Gasteiger partial charge >= 0.3 is 0 Å². The fourth-order valence-corrected chi connectivity index (χ4v) is 3.81. The predicted octanol–water partition coefficient (Wildman–Crippen LogP) is 3.88. The molecule has 0 fully saturated rings. The molecule has 1 aliphatic heterocycles. The van der Waals surface area contributed by atoms with Gasteiger partial charge in [0.25, 0.3) is 5.91 Å². The number of carbonyl (C=O) groups excluding carboxylic acids is 1. The number of amides is 1. The molecular weight excluding hydrogens is 388 g/mol. The van der Waals surface area contributed by atoms with Crippen LogP contribution in [-0.2, 0) is 14.8 Å². The van der Waals surface area contributed by atoms with E-state index < -0.39 is 10.0 Å². The summed E-state index contributed by atoms with van der Waals surface area (Å²) in [6.07, 6.45) is 1.72. The number of para-hydroxylation sites is 1. The van der Waals surface area contributed by atoms with Gasteiger partial charge in [0.15, 0.2) is 0 Å². The molecule has 4 rings (SSSR count). The Morgan fingerprint density at radius 3 is 2.45 bits per heavy atom. The molecule has 0 bridgehead atoms. The van der Waals surface area contributed by atoms with Crippen molar-refractivity contribution in [2.75, 3.05) is 12.4 Å². The van der Waals surface area contributed by atoms with Crippen LogP contribution in [0.3, 0.4) is 0 Å². The third-order valence-corrected chi connectivity index (χ3v) is 5.91. The summed E-state index contributed by atoms with van der Waals surface area (Å²) in [5.41, 5.74) is 2.28. The van der Waals surface area contributed by atoms with Crippen LogP contribution in [0, 0.1) is 0 Å². The summed E-state index contributed by atoms with van der Waals surface area (Å²) in [4.78, 5) is 12.6. The van der Waals surface area contributed by atoms with Gasteiger partial charge in [0.2, 0.25) is 10.0 Å². The lowest BCUT2D eigenvalue weighted by Gasteiger charge is -2.07. The first-order chi connectivity index (χ1) is 14.0. The smallest absolute Gasteiger partial charge is 0.256 e. The molecule has 1 heterocycles. The zero-order valence-corrected chi connectivity index (χ0v) is 16.4. The zero-order valence-electron chi connectivity index (χ0n) is 15.5. The quantitative estimate of drug-likeness (QED) is 0.630. The first kappa shape index (κ1) is 18.9. The van der Waals surface area contributed by atoms with E-state index in [9.17, 15) is 13.2 Å². The van der Waals surface area contributed by atoms with Crippen molar-refractivity contribution in [3.05, 3.63) is 83.9 Å². The van der Waals surface area contributed by atoms with Gasteiger partial charge in [-0.05, 0) is 61.2 Å². The van der Waals surface area contributed by atoms with Crippen molar-refractivity contribution in [1.82, 2.24) is 4.72 Å². The molecule has 0 saturated heterocycles. The Kier molecular flexibility index (Phi) is 4.92. The van der Waals surface area contributed by atoms with E-state index in [0.29, 0.717) is 28.3 Å². The molecule has 146 valence electrons. The highest BCUT2D eigenvalue weighted by molar-refractivity contribution is 7.89. The van der Waals surface area contributed by atoms with Crippen LogP contribution in [-0.4, -0.2) is 21.4 Å². The van der Waals surface area contributed by atoms with Crippen molar-refractivity contribution in [2.45, 2.75) is 4.90 Å². The molecule has 2 N–H and O–H groups in total. The van der Waals surface area contributed by atoms with Gasteiger partial charge in [-0.25, -0.2) is 13.1 Å². The maximum absolute atomic E-state index is 12.5. The number of ether oxygens (including phenoxy) is 1. The fraction of sp³-hybridized carbons (Fsp3) is 0.0455. The van der Waals surface area contributed by atoms with Crippen LogP contribution in [0.5, 0.6) is 11.5 Å². The molecule has 29 heavy (non-hydrogen) atoms. The number of rotatable bonds is 5. The third kappa shape index (κ3) is 3.91. The van der Waals surface area contributed by atoms with Crippen LogP contribution in [0.4, 0.5) is 5.69 Å². The molecule has 0 unspecified atom stereocenters. The summed E-state index contributed by atoms with van der Waals surface area (Å²) in [5, 5.41) is 2.77. The number of anilines is 1. The van der Waals surface area contributed by atoms with Gasteiger partial charge in [-0.3, -0.25) is 4.79 Å². The number of hydrogen-bond donors (Lipinski definition) is 2. The largest absolute Gasteiger partial charge is 0.457 e. The lowest BCUT2D eigenvalue weighted by atomic mass is 10.0. The van der Waals surface area contributed by atoms with Gasteiger partial charge in [0.05, 0.1) is 4.90 Å². The second-order valence-electron chi connectivity index (χ2n) is 6.41. The molecule has 3 aromatic rings. The topological polar surface area (TPSA) is 84.5 Å². The Morgan fingerprint density at radius 1 is 0.931 bits per heavy atom. The lowest BCUT2D eigenvalue weighted by molar-refractivity contribution is -0.110.